The van der Waals surface area contributed by atoms with Crippen LogP contribution in [-0.2, 0) is 10.0 Å². The molecule has 0 atom stereocenters. The van der Waals surface area contributed by atoms with Gasteiger partial charge in [-0.2, -0.15) is 0 Å². The minimum Gasteiger partial charge on any atom is -0.210 e. The number of thiophene rings is 1. The van der Waals surface area contributed by atoms with Crippen molar-refractivity contribution in [1.82, 2.24) is 4.72 Å². The van der Waals surface area contributed by atoms with Gasteiger partial charge in [0.05, 0.1) is 3.79 Å². The fraction of sp³-hybridized carbons (Fsp3) is 0.667. The Morgan fingerprint density at radius 3 is 2.44 bits per heavy atom. The van der Waals surface area contributed by atoms with Gasteiger partial charge < -0.3 is 0 Å². The average Bonchev–Trinajstić information content (AvgIpc) is 2.75. The minimum atomic E-state index is -3.30. The average molecular weight is 354 g/mol. The lowest BCUT2D eigenvalue weighted by Gasteiger charge is -2.04. The van der Waals surface area contributed by atoms with Gasteiger partial charge in [0.2, 0.25) is 10.0 Å². The zero-order valence-corrected chi connectivity index (χ0v) is 13.8. The molecule has 0 aliphatic rings. The Kier molecular flexibility index (Phi) is 7.44. The zero-order chi connectivity index (χ0) is 13.4. The van der Waals surface area contributed by atoms with Gasteiger partial charge in [-0.25, -0.2) is 13.1 Å². The first kappa shape index (κ1) is 16.1. The fourth-order valence-electron chi connectivity index (χ4n) is 1.63. The molecule has 0 radical (unpaired) electrons. The van der Waals surface area contributed by atoms with Crippen LogP contribution in [0.2, 0.25) is 0 Å². The van der Waals surface area contributed by atoms with Crippen LogP contribution in [0.25, 0.3) is 0 Å². The van der Waals surface area contributed by atoms with Gasteiger partial charge in [0, 0.05) is 6.54 Å². The minimum absolute atomic E-state index is 0.375. The van der Waals surface area contributed by atoms with Crippen LogP contribution in [0.1, 0.15) is 45.4 Å². The maximum Gasteiger partial charge on any atom is 0.250 e. The summed E-state index contributed by atoms with van der Waals surface area (Å²) < 4.78 is 27.6. The molecule has 18 heavy (non-hydrogen) atoms. The Labute approximate surface area is 122 Å². The monoisotopic (exact) mass is 353 g/mol. The van der Waals surface area contributed by atoms with E-state index in [-0.39, 0.29) is 0 Å². The molecule has 1 heterocycles. The summed E-state index contributed by atoms with van der Waals surface area (Å²) in [5.74, 6) is 0. The first-order valence-electron chi connectivity index (χ1n) is 6.31. The van der Waals surface area contributed by atoms with Crippen LogP contribution in [0.5, 0.6) is 0 Å². The van der Waals surface area contributed by atoms with E-state index in [0.29, 0.717) is 10.8 Å². The molecule has 1 N–H and O–H groups in total. The molecule has 0 aliphatic heterocycles. The molecule has 0 aliphatic carbocycles. The summed E-state index contributed by atoms with van der Waals surface area (Å²) in [6, 6.07) is 3.38. The Morgan fingerprint density at radius 1 is 1.17 bits per heavy atom. The second-order valence-electron chi connectivity index (χ2n) is 4.22. The van der Waals surface area contributed by atoms with Crippen LogP contribution >= 0.6 is 27.3 Å². The standard InChI is InChI=1S/C12H20BrNO2S2/c1-2-3-4-5-6-7-10-14-18(15,16)12-9-8-11(13)17-12/h8-9,14H,2-7,10H2,1H3. The second kappa shape index (κ2) is 8.30. The molecule has 1 aromatic heterocycles. The van der Waals surface area contributed by atoms with Crippen molar-refractivity contribution in [2.75, 3.05) is 6.54 Å². The van der Waals surface area contributed by atoms with E-state index in [9.17, 15) is 8.42 Å². The summed E-state index contributed by atoms with van der Waals surface area (Å²) in [5, 5.41) is 0. The number of hydrogen-bond donors (Lipinski definition) is 1. The van der Waals surface area contributed by atoms with Crippen molar-refractivity contribution >= 4 is 37.3 Å². The maximum absolute atomic E-state index is 11.9. The molecule has 6 heteroatoms. The Morgan fingerprint density at radius 2 is 1.83 bits per heavy atom. The predicted molar refractivity (Wildman–Crippen MR) is 80.6 cm³/mol. The van der Waals surface area contributed by atoms with Crippen LogP contribution in [0.3, 0.4) is 0 Å². The van der Waals surface area contributed by atoms with E-state index in [1.165, 1.54) is 37.0 Å². The number of nitrogens with one attached hydrogen (secondary N) is 1. The topological polar surface area (TPSA) is 46.2 Å². The lowest BCUT2D eigenvalue weighted by molar-refractivity contribution is 0.569. The molecule has 0 spiro atoms. The highest BCUT2D eigenvalue weighted by Crippen LogP contribution is 2.25. The summed E-state index contributed by atoms with van der Waals surface area (Å²) in [5.41, 5.74) is 0. The van der Waals surface area contributed by atoms with E-state index in [2.05, 4.69) is 27.6 Å². The highest BCUT2D eigenvalue weighted by atomic mass is 79.9. The molecule has 0 amide bonds. The van der Waals surface area contributed by atoms with Crippen molar-refractivity contribution in [2.24, 2.45) is 0 Å². The van der Waals surface area contributed by atoms with Crippen molar-refractivity contribution in [2.45, 2.75) is 49.7 Å². The van der Waals surface area contributed by atoms with Crippen LogP contribution in [0, 0.1) is 0 Å². The lowest BCUT2D eigenvalue weighted by Crippen LogP contribution is -2.23. The van der Waals surface area contributed by atoms with Gasteiger partial charge >= 0.3 is 0 Å². The van der Waals surface area contributed by atoms with Crippen LogP contribution in [0.15, 0.2) is 20.1 Å². The van der Waals surface area contributed by atoms with Gasteiger partial charge in [0.25, 0.3) is 0 Å². The molecule has 3 nitrogen and oxygen atoms in total. The Bertz CT molecular complexity index is 443. The first-order valence-corrected chi connectivity index (χ1v) is 9.40. The molecule has 104 valence electrons. The van der Waals surface area contributed by atoms with E-state index in [0.717, 1.165) is 16.6 Å². The van der Waals surface area contributed by atoms with E-state index < -0.39 is 10.0 Å². The molecule has 0 fully saturated rings. The second-order valence-corrected chi connectivity index (χ2v) is 8.68. The largest absolute Gasteiger partial charge is 0.250 e. The van der Waals surface area contributed by atoms with Crippen LogP contribution in [-0.4, -0.2) is 15.0 Å². The van der Waals surface area contributed by atoms with Gasteiger partial charge in [-0.1, -0.05) is 39.0 Å². The van der Waals surface area contributed by atoms with E-state index >= 15 is 0 Å². The quantitative estimate of drug-likeness (QED) is 0.677. The summed E-state index contributed by atoms with van der Waals surface area (Å²) in [6.45, 7) is 2.72. The molecule has 1 rings (SSSR count). The van der Waals surface area contributed by atoms with Crippen molar-refractivity contribution in [1.29, 1.82) is 0 Å². The van der Waals surface area contributed by atoms with Gasteiger partial charge in [-0.15, -0.1) is 11.3 Å². The Hall–Kier alpha value is 0.0900. The molecule has 0 saturated carbocycles. The van der Waals surface area contributed by atoms with Gasteiger partial charge in [0.1, 0.15) is 4.21 Å². The smallest absolute Gasteiger partial charge is 0.210 e. The summed E-state index contributed by atoms with van der Waals surface area (Å²) in [7, 11) is -3.30. The molecule has 0 aromatic carbocycles. The molecule has 0 unspecified atom stereocenters. The summed E-state index contributed by atoms with van der Waals surface area (Å²) in [6.07, 6.45) is 6.96. The van der Waals surface area contributed by atoms with Crippen molar-refractivity contribution in [3.05, 3.63) is 15.9 Å². The van der Waals surface area contributed by atoms with Gasteiger partial charge in [-0.3, -0.25) is 0 Å². The number of unbranched alkanes of at least 4 members (excludes halogenated alkanes) is 5. The maximum atomic E-state index is 11.9. The fourth-order valence-corrected chi connectivity index (χ4v) is 4.75. The van der Waals surface area contributed by atoms with Gasteiger partial charge in [0.15, 0.2) is 0 Å². The van der Waals surface area contributed by atoms with Crippen molar-refractivity contribution in [3.63, 3.8) is 0 Å². The Balaban J connectivity index is 2.22. The van der Waals surface area contributed by atoms with Crippen molar-refractivity contribution < 1.29 is 8.42 Å². The molecule has 0 saturated heterocycles. The molecule has 0 bridgehead atoms. The summed E-state index contributed by atoms with van der Waals surface area (Å²) >= 11 is 4.50. The van der Waals surface area contributed by atoms with Crippen LogP contribution in [0.4, 0.5) is 0 Å². The number of hydrogen-bond acceptors (Lipinski definition) is 3. The normalized spacial score (nSPS) is 11.9. The highest BCUT2D eigenvalue weighted by molar-refractivity contribution is 9.11. The lowest BCUT2D eigenvalue weighted by atomic mass is 10.1. The number of sulfonamides is 1. The third-order valence-electron chi connectivity index (χ3n) is 2.64. The predicted octanol–water partition coefficient (Wildman–Crippen LogP) is 4.15. The van der Waals surface area contributed by atoms with Gasteiger partial charge in [-0.05, 0) is 34.5 Å². The van der Waals surface area contributed by atoms with E-state index in [1.54, 1.807) is 12.1 Å². The zero-order valence-electron chi connectivity index (χ0n) is 10.6. The first-order chi connectivity index (χ1) is 8.56. The van der Waals surface area contributed by atoms with Crippen LogP contribution < -0.4 is 4.72 Å². The molecule has 1 aromatic rings. The summed E-state index contributed by atoms with van der Waals surface area (Å²) in [4.78, 5) is 0. The third-order valence-corrected chi connectivity index (χ3v) is 6.21. The highest BCUT2D eigenvalue weighted by Gasteiger charge is 2.15. The number of halogens is 1. The van der Waals surface area contributed by atoms with Crippen molar-refractivity contribution in [3.8, 4) is 0 Å². The third kappa shape index (κ3) is 5.82. The molecular formula is C12H20BrNO2S2. The molecular weight excluding hydrogens is 334 g/mol. The number of rotatable bonds is 9. The van der Waals surface area contributed by atoms with E-state index in [1.807, 2.05) is 0 Å². The SMILES string of the molecule is CCCCCCCCNS(=O)(=O)c1ccc(Br)s1. The van der Waals surface area contributed by atoms with E-state index in [4.69, 9.17) is 0 Å².